The lowest BCUT2D eigenvalue weighted by atomic mass is 10.0. The lowest BCUT2D eigenvalue weighted by molar-refractivity contribution is -0.124. The summed E-state index contributed by atoms with van der Waals surface area (Å²) in [6, 6.07) is -0.744. The van der Waals surface area contributed by atoms with Crippen molar-refractivity contribution in [3.05, 3.63) is 36.5 Å². The molecule has 0 saturated heterocycles. The Morgan fingerprint density at radius 1 is 0.500 bits per heavy atom. The molecule has 0 spiro atoms. The Hall–Kier alpha value is -1.43. The summed E-state index contributed by atoms with van der Waals surface area (Å²) in [6.45, 7) is 4.20. The SMILES string of the molecule is CCCCCCCCCCC/C=C\C/C=C\CCCCCCCCCCCC(O)CC(=O)NC(CO)C(O)/C=C/CCCCCCCCCCCC. The van der Waals surface area contributed by atoms with Crippen LogP contribution in [0.1, 0.15) is 232 Å². The van der Waals surface area contributed by atoms with Crippen molar-refractivity contribution in [2.24, 2.45) is 0 Å². The lowest BCUT2D eigenvalue weighted by Crippen LogP contribution is -2.45. The van der Waals surface area contributed by atoms with Crippen LogP contribution in [0.5, 0.6) is 0 Å². The number of rotatable bonds is 41. The fraction of sp³-hybridized carbons (Fsp3) is 0.851. The highest BCUT2D eigenvalue weighted by molar-refractivity contribution is 5.76. The molecule has 0 bridgehead atoms. The highest BCUT2D eigenvalue weighted by Gasteiger charge is 2.20. The first-order valence-electron chi connectivity index (χ1n) is 22.8. The largest absolute Gasteiger partial charge is 0.394 e. The maximum Gasteiger partial charge on any atom is 0.222 e. The molecule has 3 atom stereocenters. The van der Waals surface area contributed by atoms with E-state index >= 15 is 0 Å². The van der Waals surface area contributed by atoms with Crippen molar-refractivity contribution < 1.29 is 20.1 Å². The Bertz CT molecular complexity index is 809. The highest BCUT2D eigenvalue weighted by atomic mass is 16.3. The second-order valence-electron chi connectivity index (χ2n) is 15.7. The maximum atomic E-state index is 12.4. The van der Waals surface area contributed by atoms with Gasteiger partial charge in [0.25, 0.3) is 0 Å². The van der Waals surface area contributed by atoms with Crippen molar-refractivity contribution in [2.45, 2.75) is 250 Å². The standard InChI is InChI=1S/C47H89NO4/c1-3-5-7-9-11-13-15-17-18-19-20-21-22-23-24-25-26-27-28-29-30-32-34-36-38-40-44(50)42-47(52)48-45(43-49)46(51)41-39-37-35-33-31-16-14-12-10-8-6-4-2/h20-21,23-24,39,41,44-46,49-51H,3-19,22,25-38,40,42-43H2,1-2H3,(H,48,52)/b21-20-,24-23-,41-39+. The van der Waals surface area contributed by atoms with Gasteiger partial charge in [0.15, 0.2) is 0 Å². The van der Waals surface area contributed by atoms with Crippen LogP contribution in [-0.4, -0.2) is 46.1 Å². The predicted molar refractivity (Wildman–Crippen MR) is 227 cm³/mol. The quantitative estimate of drug-likeness (QED) is 0.0372. The van der Waals surface area contributed by atoms with Crippen molar-refractivity contribution in [1.29, 1.82) is 0 Å². The van der Waals surface area contributed by atoms with E-state index in [2.05, 4.69) is 43.5 Å². The number of hydrogen-bond donors (Lipinski definition) is 4. The Kier molecular flexibility index (Phi) is 41.1. The topological polar surface area (TPSA) is 89.8 Å². The van der Waals surface area contributed by atoms with E-state index in [0.717, 1.165) is 32.1 Å². The number of allylic oxidation sites excluding steroid dienone is 5. The van der Waals surface area contributed by atoms with Crippen LogP contribution in [0.15, 0.2) is 36.5 Å². The molecule has 3 unspecified atom stereocenters. The van der Waals surface area contributed by atoms with Crippen LogP contribution in [0.25, 0.3) is 0 Å². The molecule has 0 saturated carbocycles. The van der Waals surface area contributed by atoms with Crippen molar-refractivity contribution in [3.8, 4) is 0 Å². The van der Waals surface area contributed by atoms with Crippen LogP contribution in [0.4, 0.5) is 0 Å². The zero-order valence-corrected chi connectivity index (χ0v) is 34.7. The highest BCUT2D eigenvalue weighted by Crippen LogP contribution is 2.15. The van der Waals surface area contributed by atoms with E-state index in [-0.39, 0.29) is 18.9 Å². The number of nitrogens with one attached hydrogen (secondary N) is 1. The minimum absolute atomic E-state index is 0.0107. The Labute approximate surface area is 324 Å². The maximum absolute atomic E-state index is 12.4. The average molecular weight is 732 g/mol. The molecule has 5 heteroatoms. The molecule has 0 aromatic heterocycles. The van der Waals surface area contributed by atoms with E-state index in [4.69, 9.17) is 0 Å². The smallest absolute Gasteiger partial charge is 0.222 e. The summed E-state index contributed by atoms with van der Waals surface area (Å²) in [4.78, 5) is 12.4. The summed E-state index contributed by atoms with van der Waals surface area (Å²) in [5.74, 6) is -0.319. The lowest BCUT2D eigenvalue weighted by Gasteiger charge is -2.21. The first kappa shape index (κ1) is 50.6. The molecule has 0 heterocycles. The average Bonchev–Trinajstić information content (AvgIpc) is 3.14. The zero-order chi connectivity index (χ0) is 38.0. The van der Waals surface area contributed by atoms with E-state index in [1.54, 1.807) is 6.08 Å². The molecule has 0 aliphatic heterocycles. The fourth-order valence-electron chi connectivity index (χ4n) is 6.90. The van der Waals surface area contributed by atoms with Crippen molar-refractivity contribution in [2.75, 3.05) is 6.61 Å². The van der Waals surface area contributed by atoms with Crippen molar-refractivity contribution >= 4 is 5.91 Å². The van der Waals surface area contributed by atoms with Crippen LogP contribution in [-0.2, 0) is 4.79 Å². The van der Waals surface area contributed by atoms with Crippen LogP contribution in [0.2, 0.25) is 0 Å². The predicted octanol–water partition coefficient (Wildman–Crippen LogP) is 13.2. The molecule has 1 amide bonds. The van der Waals surface area contributed by atoms with Gasteiger partial charge in [0.2, 0.25) is 5.91 Å². The van der Waals surface area contributed by atoms with E-state index in [1.807, 2.05) is 6.08 Å². The normalized spacial score (nSPS) is 13.9. The number of aliphatic hydroxyl groups excluding tert-OH is 3. The van der Waals surface area contributed by atoms with Crippen LogP contribution in [0.3, 0.4) is 0 Å². The van der Waals surface area contributed by atoms with Gasteiger partial charge in [-0.15, -0.1) is 0 Å². The molecular weight excluding hydrogens is 643 g/mol. The molecular formula is C47H89NO4. The van der Waals surface area contributed by atoms with Crippen LogP contribution < -0.4 is 5.32 Å². The molecule has 4 N–H and O–H groups in total. The summed E-state index contributed by atoms with van der Waals surface area (Å²) in [7, 11) is 0. The Morgan fingerprint density at radius 2 is 0.865 bits per heavy atom. The number of amides is 1. The summed E-state index contributed by atoms with van der Waals surface area (Å²) in [5.41, 5.74) is 0. The van der Waals surface area contributed by atoms with Gasteiger partial charge in [0.1, 0.15) is 0 Å². The monoisotopic (exact) mass is 732 g/mol. The third kappa shape index (κ3) is 38.3. The third-order valence-corrected chi connectivity index (χ3v) is 10.4. The number of aliphatic hydroxyl groups is 3. The van der Waals surface area contributed by atoms with Gasteiger partial charge in [-0.1, -0.05) is 211 Å². The Balaban J connectivity index is 3.62. The fourth-order valence-corrected chi connectivity index (χ4v) is 6.90. The summed E-state index contributed by atoms with van der Waals surface area (Å²) >= 11 is 0. The third-order valence-electron chi connectivity index (χ3n) is 10.4. The van der Waals surface area contributed by atoms with E-state index in [1.165, 1.54) is 173 Å². The van der Waals surface area contributed by atoms with Gasteiger partial charge in [0, 0.05) is 0 Å². The summed E-state index contributed by atoms with van der Waals surface area (Å²) in [6.07, 6.45) is 52.9. The molecule has 0 aromatic rings. The molecule has 306 valence electrons. The van der Waals surface area contributed by atoms with E-state index < -0.39 is 18.2 Å². The molecule has 0 fully saturated rings. The first-order valence-corrected chi connectivity index (χ1v) is 22.8. The molecule has 0 aliphatic rings. The second kappa shape index (κ2) is 42.3. The van der Waals surface area contributed by atoms with Gasteiger partial charge in [-0.2, -0.15) is 0 Å². The van der Waals surface area contributed by atoms with Gasteiger partial charge < -0.3 is 20.6 Å². The second-order valence-corrected chi connectivity index (χ2v) is 15.7. The molecule has 5 nitrogen and oxygen atoms in total. The van der Waals surface area contributed by atoms with Gasteiger partial charge in [0.05, 0.1) is 31.3 Å². The zero-order valence-electron chi connectivity index (χ0n) is 34.7. The van der Waals surface area contributed by atoms with Gasteiger partial charge >= 0.3 is 0 Å². The van der Waals surface area contributed by atoms with Crippen LogP contribution >= 0.6 is 0 Å². The van der Waals surface area contributed by atoms with Crippen molar-refractivity contribution in [1.82, 2.24) is 5.32 Å². The van der Waals surface area contributed by atoms with Crippen molar-refractivity contribution in [3.63, 3.8) is 0 Å². The minimum Gasteiger partial charge on any atom is -0.394 e. The molecule has 0 aliphatic carbocycles. The Morgan fingerprint density at radius 3 is 1.27 bits per heavy atom. The van der Waals surface area contributed by atoms with Gasteiger partial charge in [-0.25, -0.2) is 0 Å². The number of carbonyl (C=O) groups is 1. The van der Waals surface area contributed by atoms with Crippen LogP contribution in [0, 0.1) is 0 Å². The van der Waals surface area contributed by atoms with E-state index in [0.29, 0.717) is 6.42 Å². The van der Waals surface area contributed by atoms with E-state index in [9.17, 15) is 20.1 Å². The number of hydrogen-bond acceptors (Lipinski definition) is 4. The summed E-state index contributed by atoms with van der Waals surface area (Å²) in [5, 5.41) is 33.2. The molecule has 0 radical (unpaired) electrons. The minimum atomic E-state index is -0.928. The first-order chi connectivity index (χ1) is 25.5. The number of carbonyl (C=O) groups excluding carboxylic acids is 1. The molecule has 0 rings (SSSR count). The van der Waals surface area contributed by atoms with Gasteiger partial charge in [-0.05, 0) is 51.4 Å². The molecule has 52 heavy (non-hydrogen) atoms. The van der Waals surface area contributed by atoms with Gasteiger partial charge in [-0.3, -0.25) is 4.79 Å². The number of unbranched alkanes of at least 4 members (excludes halogenated alkanes) is 28. The molecule has 0 aromatic carbocycles. The summed E-state index contributed by atoms with van der Waals surface area (Å²) < 4.78 is 0.